The van der Waals surface area contributed by atoms with Gasteiger partial charge >= 0.3 is 0 Å². The Morgan fingerprint density at radius 1 is 1.16 bits per heavy atom. The first-order valence-corrected chi connectivity index (χ1v) is 7.23. The molecule has 0 aliphatic carbocycles. The van der Waals surface area contributed by atoms with E-state index in [1.807, 2.05) is 30.3 Å². The molecule has 0 fully saturated rings. The number of nitrogens with one attached hydrogen (secondary N) is 1. The summed E-state index contributed by atoms with van der Waals surface area (Å²) in [5.74, 6) is 0. The number of aliphatic hydroxyl groups excluding tert-OH is 1. The lowest BCUT2D eigenvalue weighted by Crippen LogP contribution is -2.15. The third-order valence-electron chi connectivity index (χ3n) is 2.72. The van der Waals surface area contributed by atoms with Gasteiger partial charge in [0.05, 0.1) is 12.6 Å². The minimum atomic E-state index is -0.288. The fourth-order valence-electron chi connectivity index (χ4n) is 1.77. The van der Waals surface area contributed by atoms with Gasteiger partial charge in [0.25, 0.3) is 0 Å². The second-order valence-electron chi connectivity index (χ2n) is 4.03. The third-order valence-corrected chi connectivity index (χ3v) is 3.98. The SMILES string of the molecule is OCC(Nc1ccccc1Br)c1ccc(Cl)cc1Cl. The van der Waals surface area contributed by atoms with E-state index in [0.29, 0.717) is 10.0 Å². The Balaban J connectivity index is 2.28. The molecule has 2 aromatic carbocycles. The van der Waals surface area contributed by atoms with E-state index in [9.17, 15) is 5.11 Å². The average Bonchev–Trinajstić information content (AvgIpc) is 2.39. The standard InChI is InChI=1S/C14H12BrCl2NO/c15-11-3-1-2-4-13(11)18-14(8-19)10-6-5-9(16)7-12(10)17/h1-7,14,18-19H,8H2. The van der Waals surface area contributed by atoms with Crippen LogP contribution in [0.1, 0.15) is 11.6 Å². The van der Waals surface area contributed by atoms with Crippen LogP contribution in [-0.4, -0.2) is 11.7 Å². The Morgan fingerprint density at radius 2 is 1.89 bits per heavy atom. The molecule has 0 saturated heterocycles. The lowest BCUT2D eigenvalue weighted by Gasteiger charge is -2.20. The zero-order valence-electron chi connectivity index (χ0n) is 9.91. The van der Waals surface area contributed by atoms with Crippen LogP contribution in [0.2, 0.25) is 10.0 Å². The first kappa shape index (κ1) is 14.7. The van der Waals surface area contributed by atoms with Gasteiger partial charge in [-0.2, -0.15) is 0 Å². The molecule has 0 aromatic heterocycles. The lowest BCUT2D eigenvalue weighted by atomic mass is 10.1. The van der Waals surface area contributed by atoms with E-state index in [1.165, 1.54) is 0 Å². The molecule has 2 rings (SSSR count). The number of rotatable bonds is 4. The van der Waals surface area contributed by atoms with Gasteiger partial charge in [0.2, 0.25) is 0 Å². The maximum absolute atomic E-state index is 9.56. The maximum atomic E-state index is 9.56. The van der Waals surface area contributed by atoms with Crippen LogP contribution < -0.4 is 5.32 Å². The van der Waals surface area contributed by atoms with Crippen molar-refractivity contribution in [2.24, 2.45) is 0 Å². The number of halogens is 3. The van der Waals surface area contributed by atoms with Crippen LogP contribution in [0.4, 0.5) is 5.69 Å². The molecule has 2 aromatic rings. The van der Waals surface area contributed by atoms with Crippen LogP contribution in [0, 0.1) is 0 Å². The van der Waals surface area contributed by atoms with Gasteiger partial charge < -0.3 is 10.4 Å². The lowest BCUT2D eigenvalue weighted by molar-refractivity contribution is 0.276. The van der Waals surface area contributed by atoms with E-state index >= 15 is 0 Å². The van der Waals surface area contributed by atoms with Gasteiger partial charge in [-0.15, -0.1) is 0 Å². The van der Waals surface area contributed by atoms with Crippen LogP contribution >= 0.6 is 39.1 Å². The number of para-hydroxylation sites is 1. The van der Waals surface area contributed by atoms with Crippen molar-refractivity contribution in [3.8, 4) is 0 Å². The second kappa shape index (κ2) is 6.62. The summed E-state index contributed by atoms with van der Waals surface area (Å²) >= 11 is 15.5. The Kier molecular flexibility index (Phi) is 5.11. The van der Waals surface area contributed by atoms with Crippen molar-refractivity contribution in [1.82, 2.24) is 0 Å². The predicted molar refractivity (Wildman–Crippen MR) is 84.1 cm³/mol. The summed E-state index contributed by atoms with van der Waals surface area (Å²) in [5, 5.41) is 13.9. The van der Waals surface area contributed by atoms with Crippen molar-refractivity contribution < 1.29 is 5.11 Å². The first-order chi connectivity index (χ1) is 9.11. The van der Waals surface area contributed by atoms with E-state index in [2.05, 4.69) is 21.2 Å². The van der Waals surface area contributed by atoms with Crippen molar-refractivity contribution >= 4 is 44.8 Å². The number of aliphatic hydroxyl groups is 1. The van der Waals surface area contributed by atoms with Crippen LogP contribution in [0.25, 0.3) is 0 Å². The molecule has 0 radical (unpaired) electrons. The number of hydrogen-bond donors (Lipinski definition) is 2. The van der Waals surface area contributed by atoms with E-state index < -0.39 is 0 Å². The molecule has 0 heterocycles. The molecule has 0 aliphatic heterocycles. The first-order valence-electron chi connectivity index (χ1n) is 5.68. The molecule has 100 valence electrons. The molecule has 0 saturated carbocycles. The Labute approximate surface area is 130 Å². The molecule has 0 aliphatic rings. The van der Waals surface area contributed by atoms with E-state index in [-0.39, 0.29) is 12.6 Å². The third kappa shape index (κ3) is 3.63. The van der Waals surface area contributed by atoms with Gasteiger partial charge in [-0.3, -0.25) is 0 Å². The molecule has 5 heteroatoms. The van der Waals surface area contributed by atoms with Crippen LogP contribution in [0.5, 0.6) is 0 Å². The highest BCUT2D eigenvalue weighted by Crippen LogP contribution is 2.30. The number of hydrogen-bond acceptors (Lipinski definition) is 2. The Bertz CT molecular complexity index is 577. The van der Waals surface area contributed by atoms with Gasteiger partial charge in [-0.1, -0.05) is 41.4 Å². The summed E-state index contributed by atoms with van der Waals surface area (Å²) in [5.41, 5.74) is 1.71. The van der Waals surface area contributed by atoms with E-state index in [0.717, 1.165) is 15.7 Å². The van der Waals surface area contributed by atoms with Crippen molar-refractivity contribution in [3.63, 3.8) is 0 Å². The van der Waals surface area contributed by atoms with Crippen LogP contribution in [0.15, 0.2) is 46.9 Å². The predicted octanol–water partition coefficient (Wildman–Crippen LogP) is 4.90. The van der Waals surface area contributed by atoms with Crippen molar-refractivity contribution in [3.05, 3.63) is 62.5 Å². The minimum Gasteiger partial charge on any atom is -0.394 e. The monoisotopic (exact) mass is 359 g/mol. The molecule has 1 atom stereocenters. The summed E-state index contributed by atoms with van der Waals surface area (Å²) in [7, 11) is 0. The van der Waals surface area contributed by atoms with Crippen molar-refractivity contribution in [1.29, 1.82) is 0 Å². The average molecular weight is 361 g/mol. The highest BCUT2D eigenvalue weighted by molar-refractivity contribution is 9.10. The Hall–Kier alpha value is -0.740. The van der Waals surface area contributed by atoms with Crippen LogP contribution in [0.3, 0.4) is 0 Å². The second-order valence-corrected chi connectivity index (χ2v) is 5.72. The molecule has 1 unspecified atom stereocenters. The van der Waals surface area contributed by atoms with Crippen LogP contribution in [-0.2, 0) is 0 Å². The molecule has 2 nitrogen and oxygen atoms in total. The van der Waals surface area contributed by atoms with Gasteiger partial charge in [0, 0.05) is 20.2 Å². The summed E-state index contributed by atoms with van der Waals surface area (Å²) in [4.78, 5) is 0. The summed E-state index contributed by atoms with van der Waals surface area (Å²) in [6, 6.07) is 12.7. The highest BCUT2D eigenvalue weighted by atomic mass is 79.9. The molecule has 0 bridgehead atoms. The Morgan fingerprint density at radius 3 is 2.53 bits per heavy atom. The fraction of sp³-hybridized carbons (Fsp3) is 0.143. The molecule has 0 spiro atoms. The largest absolute Gasteiger partial charge is 0.394 e. The summed E-state index contributed by atoms with van der Waals surface area (Å²) in [6.07, 6.45) is 0. The quantitative estimate of drug-likeness (QED) is 0.812. The smallest absolute Gasteiger partial charge is 0.0759 e. The topological polar surface area (TPSA) is 32.3 Å². The molecular weight excluding hydrogens is 349 g/mol. The zero-order valence-corrected chi connectivity index (χ0v) is 13.0. The van der Waals surface area contributed by atoms with Gasteiger partial charge in [0.15, 0.2) is 0 Å². The summed E-state index contributed by atoms with van der Waals surface area (Å²) < 4.78 is 0.929. The summed E-state index contributed by atoms with van der Waals surface area (Å²) in [6.45, 7) is -0.0668. The maximum Gasteiger partial charge on any atom is 0.0759 e. The molecule has 19 heavy (non-hydrogen) atoms. The molecule has 2 N–H and O–H groups in total. The van der Waals surface area contributed by atoms with Gasteiger partial charge in [-0.25, -0.2) is 0 Å². The van der Waals surface area contributed by atoms with E-state index in [4.69, 9.17) is 23.2 Å². The molecular formula is C14H12BrCl2NO. The van der Waals surface area contributed by atoms with E-state index in [1.54, 1.807) is 12.1 Å². The number of anilines is 1. The van der Waals surface area contributed by atoms with Crippen molar-refractivity contribution in [2.45, 2.75) is 6.04 Å². The van der Waals surface area contributed by atoms with Gasteiger partial charge in [0.1, 0.15) is 0 Å². The normalized spacial score (nSPS) is 12.2. The van der Waals surface area contributed by atoms with Gasteiger partial charge in [-0.05, 0) is 45.8 Å². The zero-order chi connectivity index (χ0) is 13.8. The number of benzene rings is 2. The highest BCUT2D eigenvalue weighted by Gasteiger charge is 2.15. The fourth-order valence-corrected chi connectivity index (χ4v) is 2.71. The van der Waals surface area contributed by atoms with Crippen molar-refractivity contribution in [2.75, 3.05) is 11.9 Å². The molecule has 0 amide bonds. The minimum absolute atomic E-state index is 0.0668.